The van der Waals surface area contributed by atoms with Crippen LogP contribution < -0.4 is 4.18 Å². The van der Waals surface area contributed by atoms with Gasteiger partial charge in [-0.2, -0.15) is 8.42 Å². The summed E-state index contributed by atoms with van der Waals surface area (Å²) >= 11 is 3.36. The van der Waals surface area contributed by atoms with Gasteiger partial charge in [-0.25, -0.2) is 0 Å². The first-order chi connectivity index (χ1) is 12.4. The summed E-state index contributed by atoms with van der Waals surface area (Å²) < 4.78 is 30.6. The molecule has 3 aromatic carbocycles. The van der Waals surface area contributed by atoms with Gasteiger partial charge < -0.3 is 4.18 Å². The molecule has 3 rings (SSSR count). The first kappa shape index (κ1) is 18.4. The van der Waals surface area contributed by atoms with E-state index in [0.717, 1.165) is 16.8 Å². The second-order valence-electron chi connectivity index (χ2n) is 5.63. The third kappa shape index (κ3) is 4.59. The van der Waals surface area contributed by atoms with Crippen LogP contribution in [0, 0.1) is 6.92 Å². The SMILES string of the molecule is Cc1ccc(S(=O)(=O)Oc2ccc(C=Nc3ccccc3)cc2Br)cc1. The Morgan fingerprint density at radius 2 is 1.65 bits per heavy atom. The van der Waals surface area contributed by atoms with E-state index >= 15 is 0 Å². The topological polar surface area (TPSA) is 55.7 Å². The molecule has 0 atom stereocenters. The highest BCUT2D eigenvalue weighted by atomic mass is 79.9. The Morgan fingerprint density at radius 1 is 0.962 bits per heavy atom. The van der Waals surface area contributed by atoms with E-state index in [4.69, 9.17) is 4.18 Å². The summed E-state index contributed by atoms with van der Waals surface area (Å²) in [6.45, 7) is 1.89. The van der Waals surface area contributed by atoms with E-state index in [1.165, 1.54) is 12.1 Å². The molecule has 0 fully saturated rings. The summed E-state index contributed by atoms with van der Waals surface area (Å²) in [6, 6.07) is 21.2. The lowest BCUT2D eigenvalue weighted by atomic mass is 10.2. The van der Waals surface area contributed by atoms with E-state index in [1.807, 2.05) is 37.3 Å². The molecule has 0 N–H and O–H groups in total. The fourth-order valence-electron chi connectivity index (χ4n) is 2.20. The number of aryl methyl sites for hydroxylation is 1. The minimum Gasteiger partial charge on any atom is -0.378 e. The smallest absolute Gasteiger partial charge is 0.339 e. The first-order valence-electron chi connectivity index (χ1n) is 7.84. The van der Waals surface area contributed by atoms with Crippen molar-refractivity contribution in [3.63, 3.8) is 0 Å². The van der Waals surface area contributed by atoms with Crippen molar-refractivity contribution in [2.24, 2.45) is 4.99 Å². The van der Waals surface area contributed by atoms with Gasteiger partial charge in [0, 0.05) is 6.21 Å². The largest absolute Gasteiger partial charge is 0.378 e. The molecule has 26 heavy (non-hydrogen) atoms. The standard InChI is InChI=1S/C20H16BrNO3S/c1-15-7-10-18(11-8-15)26(23,24)25-20-12-9-16(13-19(20)21)14-22-17-5-3-2-4-6-17/h2-14H,1H3. The average molecular weight is 430 g/mol. The molecule has 6 heteroatoms. The Balaban J connectivity index is 1.79. The molecule has 0 aliphatic rings. The van der Waals surface area contributed by atoms with E-state index in [2.05, 4.69) is 20.9 Å². The summed E-state index contributed by atoms with van der Waals surface area (Å²) in [6.07, 6.45) is 1.71. The van der Waals surface area contributed by atoms with Crippen LogP contribution in [-0.4, -0.2) is 14.6 Å². The van der Waals surface area contributed by atoms with Crippen LogP contribution in [0.25, 0.3) is 0 Å². The van der Waals surface area contributed by atoms with Crippen molar-refractivity contribution in [2.45, 2.75) is 11.8 Å². The summed E-state index contributed by atoms with van der Waals surface area (Å²) in [5, 5.41) is 0. The van der Waals surface area contributed by atoms with E-state index < -0.39 is 10.1 Å². The van der Waals surface area contributed by atoms with Crippen LogP contribution in [0.3, 0.4) is 0 Å². The Bertz CT molecular complexity index is 1030. The molecule has 0 unspecified atom stereocenters. The number of halogens is 1. The van der Waals surface area contributed by atoms with Crippen LogP contribution in [0.1, 0.15) is 11.1 Å². The quantitative estimate of drug-likeness (QED) is 0.409. The Labute approximate surface area is 161 Å². The number of rotatable bonds is 5. The molecular weight excluding hydrogens is 414 g/mol. The number of hydrogen-bond donors (Lipinski definition) is 0. The fraction of sp³-hybridized carbons (Fsp3) is 0.0500. The predicted molar refractivity (Wildman–Crippen MR) is 107 cm³/mol. The van der Waals surface area contributed by atoms with Gasteiger partial charge in [-0.3, -0.25) is 4.99 Å². The van der Waals surface area contributed by atoms with Gasteiger partial charge >= 0.3 is 10.1 Å². The molecule has 0 aromatic heterocycles. The van der Waals surface area contributed by atoms with Gasteiger partial charge in [0.05, 0.1) is 10.2 Å². The monoisotopic (exact) mass is 429 g/mol. The van der Waals surface area contributed by atoms with Crippen molar-refractivity contribution in [1.29, 1.82) is 0 Å². The maximum absolute atomic E-state index is 12.4. The predicted octanol–water partition coefficient (Wildman–Crippen LogP) is 5.28. The number of aliphatic imine (C=N–C) groups is 1. The zero-order valence-corrected chi connectivity index (χ0v) is 16.4. The van der Waals surface area contributed by atoms with Crippen molar-refractivity contribution >= 4 is 38.0 Å². The van der Waals surface area contributed by atoms with E-state index in [1.54, 1.807) is 36.5 Å². The van der Waals surface area contributed by atoms with Crippen LogP contribution >= 0.6 is 15.9 Å². The number of benzene rings is 3. The van der Waals surface area contributed by atoms with E-state index in [9.17, 15) is 8.42 Å². The minimum absolute atomic E-state index is 0.115. The van der Waals surface area contributed by atoms with Gasteiger partial charge in [-0.1, -0.05) is 35.9 Å². The van der Waals surface area contributed by atoms with Gasteiger partial charge in [0.1, 0.15) is 4.90 Å². The van der Waals surface area contributed by atoms with Gasteiger partial charge in [0.15, 0.2) is 5.75 Å². The number of para-hydroxylation sites is 1. The zero-order valence-electron chi connectivity index (χ0n) is 14.0. The molecule has 3 aromatic rings. The van der Waals surface area contributed by atoms with Gasteiger partial charge in [0.25, 0.3) is 0 Å². The molecule has 0 saturated carbocycles. The minimum atomic E-state index is -3.88. The molecule has 0 saturated heterocycles. The molecular formula is C20H16BrNO3S. The summed E-state index contributed by atoms with van der Waals surface area (Å²) in [5.41, 5.74) is 2.64. The third-order valence-electron chi connectivity index (χ3n) is 3.58. The van der Waals surface area contributed by atoms with Crippen molar-refractivity contribution in [2.75, 3.05) is 0 Å². The van der Waals surface area contributed by atoms with Crippen LogP contribution in [0.4, 0.5) is 5.69 Å². The van der Waals surface area contributed by atoms with Crippen LogP contribution in [-0.2, 0) is 10.1 Å². The number of nitrogens with zero attached hydrogens (tertiary/aromatic N) is 1. The van der Waals surface area contributed by atoms with E-state index in [-0.39, 0.29) is 10.6 Å². The molecule has 0 spiro atoms. The Kier molecular flexibility index (Phi) is 5.54. The lowest BCUT2D eigenvalue weighted by molar-refractivity contribution is 0.484. The molecule has 0 heterocycles. The molecule has 0 radical (unpaired) electrons. The van der Waals surface area contributed by atoms with E-state index in [0.29, 0.717) is 4.47 Å². The third-order valence-corrected chi connectivity index (χ3v) is 5.45. The second-order valence-corrected chi connectivity index (χ2v) is 8.03. The Hall–Kier alpha value is -2.44. The average Bonchev–Trinajstić information content (AvgIpc) is 2.63. The summed E-state index contributed by atoms with van der Waals surface area (Å²) in [7, 11) is -3.88. The molecule has 4 nitrogen and oxygen atoms in total. The summed E-state index contributed by atoms with van der Waals surface area (Å²) in [4.78, 5) is 4.49. The van der Waals surface area contributed by atoms with Crippen molar-refractivity contribution < 1.29 is 12.6 Å². The zero-order chi connectivity index (χ0) is 18.6. The molecule has 0 aliphatic carbocycles. The van der Waals surface area contributed by atoms with Crippen LogP contribution in [0.2, 0.25) is 0 Å². The van der Waals surface area contributed by atoms with Crippen molar-refractivity contribution in [3.05, 3.63) is 88.4 Å². The highest BCUT2D eigenvalue weighted by Gasteiger charge is 2.18. The molecule has 0 bridgehead atoms. The lowest BCUT2D eigenvalue weighted by Crippen LogP contribution is -2.10. The van der Waals surface area contributed by atoms with Crippen LogP contribution in [0.15, 0.2) is 87.2 Å². The van der Waals surface area contributed by atoms with Crippen molar-refractivity contribution in [1.82, 2.24) is 0 Å². The maximum Gasteiger partial charge on any atom is 0.339 e. The van der Waals surface area contributed by atoms with Gasteiger partial charge in [-0.15, -0.1) is 0 Å². The normalized spacial score (nSPS) is 11.6. The summed E-state index contributed by atoms with van der Waals surface area (Å²) in [5.74, 6) is 0.224. The van der Waals surface area contributed by atoms with Crippen molar-refractivity contribution in [3.8, 4) is 5.75 Å². The molecule has 0 amide bonds. The number of hydrogen-bond acceptors (Lipinski definition) is 4. The lowest BCUT2D eigenvalue weighted by Gasteiger charge is -2.09. The molecule has 0 aliphatic heterocycles. The first-order valence-corrected chi connectivity index (χ1v) is 10.0. The highest BCUT2D eigenvalue weighted by Crippen LogP contribution is 2.29. The Morgan fingerprint density at radius 3 is 2.31 bits per heavy atom. The highest BCUT2D eigenvalue weighted by molar-refractivity contribution is 9.10. The molecule has 132 valence electrons. The van der Waals surface area contributed by atoms with Gasteiger partial charge in [0.2, 0.25) is 0 Å². The van der Waals surface area contributed by atoms with Gasteiger partial charge in [-0.05, 0) is 70.9 Å². The fourth-order valence-corrected chi connectivity index (χ4v) is 3.73. The maximum atomic E-state index is 12.4. The van der Waals surface area contributed by atoms with Crippen LogP contribution in [0.5, 0.6) is 5.75 Å². The second kappa shape index (κ2) is 7.85.